The molecule has 0 unspecified atom stereocenters. The predicted molar refractivity (Wildman–Crippen MR) is 65.6 cm³/mol. The molecule has 0 bridgehead atoms. The van der Waals surface area contributed by atoms with Crippen LogP contribution in [0, 0.1) is 0 Å². The highest BCUT2D eigenvalue weighted by Gasteiger charge is 2.11. The normalized spacial score (nSPS) is 10.0. The maximum absolute atomic E-state index is 12.0. The maximum atomic E-state index is 12.0. The fourth-order valence-electron chi connectivity index (χ4n) is 1.27. The molecular weight excluding hydrogens is 290 g/mol. The van der Waals surface area contributed by atoms with Crippen LogP contribution >= 0.6 is 0 Å². The van der Waals surface area contributed by atoms with Crippen molar-refractivity contribution in [3.63, 3.8) is 0 Å². The van der Waals surface area contributed by atoms with E-state index in [0.717, 1.165) is 6.07 Å². The van der Waals surface area contributed by atoms with Crippen molar-refractivity contribution in [1.82, 2.24) is 5.32 Å². The Bertz CT molecular complexity index is 536. The van der Waals surface area contributed by atoms with E-state index in [9.17, 15) is 23.2 Å². The first-order valence-corrected chi connectivity index (χ1v) is 5.65. The smallest absolute Gasteiger partial charge is 0.387 e. The number of alkyl halides is 2. The number of primary amides is 1. The molecule has 0 saturated heterocycles. The van der Waals surface area contributed by atoms with Crippen molar-refractivity contribution < 1.29 is 32.6 Å². The number of benzene rings is 1. The molecule has 0 spiro atoms. The minimum atomic E-state index is -3.01. The summed E-state index contributed by atoms with van der Waals surface area (Å²) in [7, 11) is 0. The Morgan fingerprint density at radius 1 is 1.29 bits per heavy atom. The first kappa shape index (κ1) is 16.3. The summed E-state index contributed by atoms with van der Waals surface area (Å²) in [6.07, 6.45) is 0. The average molecular weight is 302 g/mol. The first-order valence-electron chi connectivity index (χ1n) is 5.65. The van der Waals surface area contributed by atoms with E-state index in [4.69, 9.17) is 5.73 Å². The van der Waals surface area contributed by atoms with Crippen molar-refractivity contribution in [3.05, 3.63) is 29.8 Å². The highest BCUT2D eigenvalue weighted by Crippen LogP contribution is 2.15. The van der Waals surface area contributed by atoms with Crippen molar-refractivity contribution in [2.24, 2.45) is 5.73 Å². The van der Waals surface area contributed by atoms with Crippen LogP contribution in [0.3, 0.4) is 0 Å². The van der Waals surface area contributed by atoms with Gasteiger partial charge in [0.05, 0.1) is 0 Å². The Morgan fingerprint density at radius 2 is 2.00 bits per heavy atom. The molecule has 2 amide bonds. The summed E-state index contributed by atoms with van der Waals surface area (Å²) in [5.41, 5.74) is 4.79. The van der Waals surface area contributed by atoms with Crippen LogP contribution in [0.15, 0.2) is 24.3 Å². The van der Waals surface area contributed by atoms with E-state index in [0.29, 0.717) is 0 Å². The Hall–Kier alpha value is -2.71. The van der Waals surface area contributed by atoms with Crippen LogP contribution in [-0.4, -0.2) is 37.5 Å². The zero-order valence-corrected chi connectivity index (χ0v) is 10.7. The van der Waals surface area contributed by atoms with Crippen LogP contribution in [0.5, 0.6) is 5.75 Å². The van der Waals surface area contributed by atoms with Gasteiger partial charge in [0.25, 0.3) is 11.8 Å². The highest BCUT2D eigenvalue weighted by atomic mass is 19.3. The number of amides is 2. The number of hydrogen-bond acceptors (Lipinski definition) is 5. The van der Waals surface area contributed by atoms with E-state index < -0.39 is 37.5 Å². The molecule has 0 fully saturated rings. The Morgan fingerprint density at radius 3 is 2.62 bits per heavy atom. The number of nitrogens with one attached hydrogen (secondary N) is 1. The van der Waals surface area contributed by atoms with Gasteiger partial charge in [-0.15, -0.1) is 0 Å². The molecular formula is C12H12F2N2O5. The Labute approximate surface area is 118 Å². The zero-order chi connectivity index (χ0) is 15.8. The lowest BCUT2D eigenvalue weighted by Gasteiger charge is -2.07. The molecule has 3 N–H and O–H groups in total. The van der Waals surface area contributed by atoms with Crippen molar-refractivity contribution >= 4 is 17.8 Å². The van der Waals surface area contributed by atoms with Gasteiger partial charge in [0.1, 0.15) is 12.3 Å². The molecule has 0 aliphatic rings. The van der Waals surface area contributed by atoms with Crippen LogP contribution in [0.25, 0.3) is 0 Å². The molecule has 0 radical (unpaired) electrons. The third-order valence-electron chi connectivity index (χ3n) is 2.09. The van der Waals surface area contributed by atoms with Gasteiger partial charge >= 0.3 is 12.6 Å². The molecule has 0 aliphatic heterocycles. The lowest BCUT2D eigenvalue weighted by atomic mass is 10.2. The first-order chi connectivity index (χ1) is 9.88. The van der Waals surface area contributed by atoms with E-state index in [-0.39, 0.29) is 11.3 Å². The van der Waals surface area contributed by atoms with Gasteiger partial charge < -0.3 is 20.5 Å². The van der Waals surface area contributed by atoms with Crippen LogP contribution in [0.1, 0.15) is 10.4 Å². The third kappa shape index (κ3) is 6.32. The topological polar surface area (TPSA) is 108 Å². The molecule has 114 valence electrons. The average Bonchev–Trinajstić information content (AvgIpc) is 2.42. The van der Waals surface area contributed by atoms with Crippen molar-refractivity contribution in [3.8, 4) is 5.75 Å². The van der Waals surface area contributed by atoms with Gasteiger partial charge in [0.15, 0.2) is 6.61 Å². The van der Waals surface area contributed by atoms with Gasteiger partial charge in [-0.05, 0) is 18.2 Å². The number of ether oxygens (including phenoxy) is 2. The summed E-state index contributed by atoms with van der Waals surface area (Å²) < 4.78 is 32.6. The van der Waals surface area contributed by atoms with E-state index in [1.54, 1.807) is 0 Å². The van der Waals surface area contributed by atoms with Gasteiger partial charge in [0.2, 0.25) is 0 Å². The van der Waals surface area contributed by atoms with E-state index in [1.165, 1.54) is 18.2 Å². The molecule has 0 aliphatic carbocycles. The maximum Gasteiger partial charge on any atom is 0.387 e. The second-order valence-electron chi connectivity index (χ2n) is 3.72. The second kappa shape index (κ2) is 7.78. The van der Waals surface area contributed by atoms with Crippen molar-refractivity contribution in [2.75, 3.05) is 13.2 Å². The van der Waals surface area contributed by atoms with Crippen LogP contribution in [0.2, 0.25) is 0 Å². The molecule has 9 heteroatoms. The fourth-order valence-corrected chi connectivity index (χ4v) is 1.27. The van der Waals surface area contributed by atoms with Gasteiger partial charge in [0, 0.05) is 5.56 Å². The third-order valence-corrected chi connectivity index (χ3v) is 2.09. The molecule has 1 aromatic carbocycles. The van der Waals surface area contributed by atoms with Crippen LogP contribution in [0.4, 0.5) is 8.78 Å². The number of carbonyl (C=O) groups excluding carboxylic acids is 3. The van der Waals surface area contributed by atoms with E-state index in [1.807, 2.05) is 0 Å². The van der Waals surface area contributed by atoms with Crippen molar-refractivity contribution in [2.45, 2.75) is 6.61 Å². The molecule has 0 aromatic heterocycles. The highest BCUT2D eigenvalue weighted by molar-refractivity contribution is 5.96. The summed E-state index contributed by atoms with van der Waals surface area (Å²) >= 11 is 0. The number of rotatable bonds is 7. The number of nitrogens with two attached hydrogens (primary N) is 1. The number of esters is 1. The molecule has 0 atom stereocenters. The van der Waals surface area contributed by atoms with Crippen LogP contribution in [-0.2, 0) is 14.3 Å². The minimum Gasteiger partial charge on any atom is -0.454 e. The summed E-state index contributed by atoms with van der Waals surface area (Å²) in [5, 5.41) is 2.19. The number of carbonyl (C=O) groups is 3. The molecule has 21 heavy (non-hydrogen) atoms. The quantitative estimate of drug-likeness (QED) is 0.692. The minimum absolute atomic E-state index is 0.0239. The summed E-state index contributed by atoms with van der Waals surface area (Å²) in [4.78, 5) is 33.2. The SMILES string of the molecule is NC(=O)COC(=O)CNC(=O)c1cccc(OC(F)F)c1. The van der Waals surface area contributed by atoms with Gasteiger partial charge in [-0.1, -0.05) is 6.07 Å². The van der Waals surface area contributed by atoms with Crippen molar-refractivity contribution in [1.29, 1.82) is 0 Å². The Balaban J connectivity index is 2.52. The summed E-state index contributed by atoms with van der Waals surface area (Å²) in [5.74, 6) is -2.56. The molecule has 0 heterocycles. The lowest BCUT2D eigenvalue weighted by Crippen LogP contribution is -2.32. The second-order valence-corrected chi connectivity index (χ2v) is 3.72. The number of hydrogen-bond donors (Lipinski definition) is 2. The lowest BCUT2D eigenvalue weighted by molar-refractivity contribution is -0.146. The molecule has 0 saturated carbocycles. The van der Waals surface area contributed by atoms with E-state index >= 15 is 0 Å². The zero-order valence-electron chi connectivity index (χ0n) is 10.7. The number of halogens is 2. The van der Waals surface area contributed by atoms with Gasteiger partial charge in [-0.25, -0.2) is 0 Å². The largest absolute Gasteiger partial charge is 0.454 e. The van der Waals surface area contributed by atoms with Gasteiger partial charge in [-0.2, -0.15) is 8.78 Å². The molecule has 7 nitrogen and oxygen atoms in total. The fraction of sp³-hybridized carbons (Fsp3) is 0.250. The predicted octanol–water partition coefficient (Wildman–Crippen LogP) is 0.0463. The molecule has 1 rings (SSSR count). The monoisotopic (exact) mass is 302 g/mol. The summed E-state index contributed by atoms with van der Waals surface area (Å²) in [6.45, 7) is -4.09. The summed E-state index contributed by atoms with van der Waals surface area (Å²) in [6, 6.07) is 5.04. The van der Waals surface area contributed by atoms with Crippen LogP contribution < -0.4 is 15.8 Å². The van der Waals surface area contributed by atoms with Gasteiger partial charge in [-0.3, -0.25) is 14.4 Å². The van der Waals surface area contributed by atoms with E-state index in [2.05, 4.69) is 14.8 Å². The Kier molecular flexibility index (Phi) is 6.05. The standard InChI is InChI=1S/C12H12F2N2O5/c13-12(14)21-8-3-1-2-7(4-8)11(19)16-5-10(18)20-6-9(15)17/h1-4,12H,5-6H2,(H2,15,17)(H,16,19). The molecule has 1 aromatic rings.